The predicted molar refractivity (Wildman–Crippen MR) is 126 cm³/mol. The van der Waals surface area contributed by atoms with Crippen LogP contribution in [-0.2, 0) is 5.41 Å². The number of furan rings is 1. The van der Waals surface area contributed by atoms with E-state index in [1.807, 2.05) is 23.6 Å². The molecule has 6 aromatic rings. The van der Waals surface area contributed by atoms with Gasteiger partial charge in [0.2, 0.25) is 0 Å². The van der Waals surface area contributed by atoms with E-state index in [4.69, 9.17) is 9.40 Å². The molecular weight excluding hydrogens is 394 g/mol. The van der Waals surface area contributed by atoms with E-state index in [1.54, 1.807) is 11.3 Å². The number of fused-ring (bicyclic) bond motifs is 5. The summed E-state index contributed by atoms with van der Waals surface area (Å²) in [4.78, 5) is 4.83. The minimum absolute atomic E-state index is 0.0638. The second-order valence-electron chi connectivity index (χ2n) is 8.55. The topological polar surface area (TPSA) is 26.0 Å². The number of rotatable bonds is 1. The zero-order valence-electron chi connectivity index (χ0n) is 16.4. The number of thiophene rings is 2. The number of nitrogens with zero attached hydrogens (tertiary/aromatic N) is 1. The van der Waals surface area contributed by atoms with Gasteiger partial charge in [-0.3, -0.25) is 4.98 Å². The van der Waals surface area contributed by atoms with E-state index in [0.29, 0.717) is 0 Å². The number of benzene rings is 2. The molecule has 142 valence electrons. The van der Waals surface area contributed by atoms with Gasteiger partial charge in [0.25, 0.3) is 0 Å². The van der Waals surface area contributed by atoms with Crippen LogP contribution in [0.5, 0.6) is 0 Å². The summed E-state index contributed by atoms with van der Waals surface area (Å²) >= 11 is 3.56. The van der Waals surface area contributed by atoms with Crippen molar-refractivity contribution < 1.29 is 4.42 Å². The number of pyridine rings is 1. The Morgan fingerprint density at radius 2 is 1.69 bits per heavy atom. The van der Waals surface area contributed by atoms with Crippen LogP contribution in [0.1, 0.15) is 26.3 Å². The molecule has 0 fully saturated rings. The fourth-order valence-corrected chi connectivity index (χ4v) is 6.08. The van der Waals surface area contributed by atoms with E-state index in [-0.39, 0.29) is 5.41 Å². The van der Waals surface area contributed by atoms with Gasteiger partial charge in [-0.1, -0.05) is 20.8 Å². The summed E-state index contributed by atoms with van der Waals surface area (Å²) in [6.45, 7) is 6.83. The van der Waals surface area contributed by atoms with Crippen molar-refractivity contribution in [1.29, 1.82) is 0 Å². The average molecular weight is 414 g/mol. The lowest BCUT2D eigenvalue weighted by Crippen LogP contribution is -2.11. The minimum atomic E-state index is 0.0638. The number of hydrogen-bond donors (Lipinski definition) is 0. The van der Waals surface area contributed by atoms with Crippen LogP contribution in [0.4, 0.5) is 0 Å². The van der Waals surface area contributed by atoms with Crippen molar-refractivity contribution in [1.82, 2.24) is 4.98 Å². The molecule has 6 rings (SSSR count). The Balaban J connectivity index is 1.72. The zero-order valence-corrected chi connectivity index (χ0v) is 18.1. The summed E-state index contributed by atoms with van der Waals surface area (Å²) in [5, 5.41) is 9.08. The molecule has 29 heavy (non-hydrogen) atoms. The molecule has 0 aliphatic carbocycles. The Bertz CT molecular complexity index is 1540. The molecule has 0 amide bonds. The van der Waals surface area contributed by atoms with Gasteiger partial charge in [0.05, 0.1) is 11.1 Å². The predicted octanol–water partition coefficient (Wildman–Crippen LogP) is 8.37. The molecule has 4 heteroatoms. The first kappa shape index (κ1) is 17.2. The van der Waals surface area contributed by atoms with Crippen molar-refractivity contribution in [2.45, 2.75) is 26.2 Å². The highest BCUT2D eigenvalue weighted by atomic mass is 32.1. The van der Waals surface area contributed by atoms with Crippen molar-refractivity contribution in [2.24, 2.45) is 0 Å². The van der Waals surface area contributed by atoms with Gasteiger partial charge >= 0.3 is 0 Å². The summed E-state index contributed by atoms with van der Waals surface area (Å²) < 4.78 is 8.85. The van der Waals surface area contributed by atoms with Crippen molar-refractivity contribution in [3.63, 3.8) is 0 Å². The van der Waals surface area contributed by atoms with Crippen LogP contribution < -0.4 is 0 Å². The lowest BCUT2D eigenvalue weighted by Gasteiger charge is -2.21. The Labute approximate surface area is 176 Å². The van der Waals surface area contributed by atoms with Crippen molar-refractivity contribution in [2.75, 3.05) is 0 Å². The summed E-state index contributed by atoms with van der Waals surface area (Å²) in [5.74, 6) is 0. The maximum Gasteiger partial charge on any atom is 0.139 e. The number of aromatic nitrogens is 1. The lowest BCUT2D eigenvalue weighted by molar-refractivity contribution is 0.597. The standard InChI is InChI=1S/C25H19NOS2/c1-25(2,3)18-12-16(10-15-6-9-29-24(15)18)23-22-17-11-14-5-8-28-21(14)13-20(17)27-19(22)4-7-26-23/h4-13H,1-3H3. The van der Waals surface area contributed by atoms with Crippen molar-refractivity contribution in [3.05, 3.63) is 65.0 Å². The van der Waals surface area contributed by atoms with Crippen molar-refractivity contribution in [3.8, 4) is 11.3 Å². The van der Waals surface area contributed by atoms with Crippen LogP contribution in [0, 0.1) is 0 Å². The van der Waals surface area contributed by atoms with E-state index in [2.05, 4.69) is 67.9 Å². The second-order valence-corrected chi connectivity index (χ2v) is 10.4. The fourth-order valence-electron chi connectivity index (χ4n) is 4.17. The number of hydrogen-bond acceptors (Lipinski definition) is 4. The van der Waals surface area contributed by atoms with Crippen LogP contribution in [0.2, 0.25) is 0 Å². The van der Waals surface area contributed by atoms with Gasteiger partial charge in [-0.2, -0.15) is 0 Å². The van der Waals surface area contributed by atoms with Gasteiger partial charge in [0.1, 0.15) is 11.2 Å². The zero-order chi connectivity index (χ0) is 19.8. The van der Waals surface area contributed by atoms with Crippen LogP contribution in [0.3, 0.4) is 0 Å². The third-order valence-corrected chi connectivity index (χ3v) is 7.43. The van der Waals surface area contributed by atoms with Gasteiger partial charge in [-0.25, -0.2) is 0 Å². The Morgan fingerprint density at radius 1 is 0.862 bits per heavy atom. The van der Waals surface area contributed by atoms with Gasteiger partial charge in [-0.15, -0.1) is 22.7 Å². The highest BCUT2D eigenvalue weighted by Gasteiger charge is 2.21. The first-order chi connectivity index (χ1) is 14.0. The van der Waals surface area contributed by atoms with Crippen LogP contribution in [0.15, 0.2) is 63.8 Å². The van der Waals surface area contributed by atoms with Gasteiger partial charge in [0, 0.05) is 26.5 Å². The normalized spacial score (nSPS) is 12.7. The van der Waals surface area contributed by atoms with E-state index < -0.39 is 0 Å². The monoisotopic (exact) mass is 413 g/mol. The first-order valence-electron chi connectivity index (χ1n) is 9.70. The highest BCUT2D eigenvalue weighted by molar-refractivity contribution is 7.17. The van der Waals surface area contributed by atoms with E-state index >= 15 is 0 Å². The molecular formula is C25H19NOS2. The summed E-state index contributed by atoms with van der Waals surface area (Å²) in [6.07, 6.45) is 1.86. The van der Waals surface area contributed by atoms with Gasteiger partial charge in [-0.05, 0) is 75.0 Å². The Hall–Kier alpha value is -2.69. The molecule has 0 saturated carbocycles. The minimum Gasteiger partial charge on any atom is -0.456 e. The molecule has 0 aliphatic heterocycles. The molecule has 0 atom stereocenters. The quantitative estimate of drug-likeness (QED) is 0.270. The largest absolute Gasteiger partial charge is 0.456 e. The summed E-state index contributed by atoms with van der Waals surface area (Å²) in [6, 6.07) is 15.3. The van der Waals surface area contributed by atoms with Crippen LogP contribution >= 0.6 is 22.7 Å². The fraction of sp³-hybridized carbons (Fsp3) is 0.160. The molecule has 0 spiro atoms. The summed E-state index contributed by atoms with van der Waals surface area (Å²) in [7, 11) is 0. The lowest BCUT2D eigenvalue weighted by atomic mass is 9.85. The molecule has 4 aromatic heterocycles. The first-order valence-corrected chi connectivity index (χ1v) is 11.5. The molecule has 2 aromatic carbocycles. The maximum atomic E-state index is 6.23. The molecule has 4 heterocycles. The van der Waals surface area contributed by atoms with Gasteiger partial charge < -0.3 is 4.42 Å². The Kier molecular flexibility index (Phi) is 3.50. The van der Waals surface area contributed by atoms with E-state index in [9.17, 15) is 0 Å². The molecule has 0 bridgehead atoms. The molecule has 0 unspecified atom stereocenters. The van der Waals surface area contributed by atoms with E-state index in [0.717, 1.165) is 33.2 Å². The Morgan fingerprint density at radius 3 is 2.55 bits per heavy atom. The highest BCUT2D eigenvalue weighted by Crippen LogP contribution is 2.41. The second kappa shape index (κ2) is 5.91. The average Bonchev–Trinajstić information content (AvgIpc) is 3.41. The maximum absolute atomic E-state index is 6.23. The molecule has 0 saturated heterocycles. The van der Waals surface area contributed by atoms with Crippen molar-refractivity contribution >= 4 is 64.8 Å². The van der Waals surface area contributed by atoms with Crippen LogP contribution in [0.25, 0.3) is 53.4 Å². The molecule has 2 nitrogen and oxygen atoms in total. The molecule has 0 aliphatic rings. The third-order valence-electron chi connectivity index (χ3n) is 5.59. The molecule has 0 radical (unpaired) electrons. The SMILES string of the molecule is CC(C)(C)c1cc(-c2nccc3oc4cc5sccc5cc4c23)cc2ccsc12. The summed E-state index contributed by atoms with van der Waals surface area (Å²) in [5.41, 5.74) is 5.40. The van der Waals surface area contributed by atoms with E-state index in [1.165, 1.54) is 25.7 Å². The van der Waals surface area contributed by atoms with Gasteiger partial charge in [0.15, 0.2) is 0 Å². The molecule has 0 N–H and O–H groups in total. The smallest absolute Gasteiger partial charge is 0.139 e. The third kappa shape index (κ3) is 2.56. The van der Waals surface area contributed by atoms with Crippen LogP contribution in [-0.4, -0.2) is 4.98 Å².